The van der Waals surface area contributed by atoms with Gasteiger partial charge in [-0.3, -0.25) is 4.79 Å². The number of aromatic amines is 1. The number of hydrogen-bond acceptors (Lipinski definition) is 4. The van der Waals surface area contributed by atoms with Gasteiger partial charge in [-0.15, -0.1) is 0 Å². The molecule has 1 atom stereocenters. The van der Waals surface area contributed by atoms with Gasteiger partial charge < -0.3 is 19.9 Å². The molecule has 2 rings (SSSR count). The van der Waals surface area contributed by atoms with E-state index in [2.05, 4.69) is 46.4 Å². The number of benzene rings is 1. The molecule has 0 radical (unpaired) electrons. The number of carbonyl (C=O) groups is 2. The number of esters is 1. The lowest BCUT2D eigenvalue weighted by atomic mass is 10.0. The third kappa shape index (κ3) is 4.81. The Bertz CT molecular complexity index is 822. The zero-order chi connectivity index (χ0) is 20.8. The number of amides is 1. The molecule has 28 heavy (non-hydrogen) atoms. The number of rotatable bonds is 8. The van der Waals surface area contributed by atoms with Crippen molar-refractivity contribution in [1.29, 1.82) is 0 Å². The van der Waals surface area contributed by atoms with E-state index in [1.165, 1.54) is 5.56 Å². The van der Waals surface area contributed by atoms with E-state index in [0.29, 0.717) is 35.7 Å². The number of nitrogens with one attached hydrogen (secondary N) is 2. The Morgan fingerprint density at radius 1 is 1.14 bits per heavy atom. The Balaban J connectivity index is 2.15. The highest BCUT2D eigenvalue weighted by Gasteiger charge is 2.23. The zero-order valence-corrected chi connectivity index (χ0v) is 17.7. The molecule has 1 aromatic heterocycles. The number of likely N-dealkylation sites (N-methyl/N-ethyl adjacent to an activating group) is 1. The van der Waals surface area contributed by atoms with E-state index >= 15 is 0 Å². The molecule has 1 heterocycles. The lowest BCUT2D eigenvalue weighted by Crippen LogP contribution is -2.35. The maximum absolute atomic E-state index is 12.8. The van der Waals surface area contributed by atoms with Crippen molar-refractivity contribution >= 4 is 11.9 Å². The van der Waals surface area contributed by atoms with Gasteiger partial charge in [0.1, 0.15) is 5.69 Å². The van der Waals surface area contributed by atoms with Crippen LogP contribution in [-0.2, 0) is 11.2 Å². The summed E-state index contributed by atoms with van der Waals surface area (Å²) in [6, 6.07) is 8.52. The van der Waals surface area contributed by atoms with Crippen LogP contribution in [0.1, 0.15) is 63.1 Å². The second kappa shape index (κ2) is 9.55. The van der Waals surface area contributed by atoms with Crippen molar-refractivity contribution < 1.29 is 14.3 Å². The van der Waals surface area contributed by atoms with E-state index in [4.69, 9.17) is 4.74 Å². The van der Waals surface area contributed by atoms with Crippen molar-refractivity contribution in [1.82, 2.24) is 15.2 Å². The van der Waals surface area contributed by atoms with Crippen molar-refractivity contribution in [2.75, 3.05) is 27.2 Å². The van der Waals surface area contributed by atoms with Gasteiger partial charge >= 0.3 is 5.97 Å². The first-order chi connectivity index (χ1) is 13.3. The molecule has 0 saturated heterocycles. The molecule has 6 nitrogen and oxygen atoms in total. The van der Waals surface area contributed by atoms with Crippen LogP contribution in [0.25, 0.3) is 0 Å². The lowest BCUT2D eigenvalue weighted by Gasteiger charge is -2.25. The van der Waals surface area contributed by atoms with Crippen molar-refractivity contribution in [2.24, 2.45) is 0 Å². The number of H-pyrrole nitrogens is 1. The summed E-state index contributed by atoms with van der Waals surface area (Å²) in [4.78, 5) is 30.0. The zero-order valence-electron chi connectivity index (χ0n) is 17.7. The molecule has 6 heteroatoms. The van der Waals surface area contributed by atoms with Crippen LogP contribution in [0.15, 0.2) is 24.3 Å². The maximum Gasteiger partial charge on any atom is 0.340 e. The summed E-state index contributed by atoms with van der Waals surface area (Å²) in [7, 11) is 3.99. The SMILES string of the molecule is CCOC(=O)c1c(C)[nH]c(C(=O)NCC(c2ccc(CC)cc2)N(C)C)c1C. The molecule has 2 N–H and O–H groups in total. The molecule has 1 unspecified atom stereocenters. The van der Waals surface area contributed by atoms with Crippen LogP contribution in [0, 0.1) is 13.8 Å². The Morgan fingerprint density at radius 3 is 2.32 bits per heavy atom. The van der Waals surface area contributed by atoms with Gasteiger partial charge in [0.15, 0.2) is 0 Å². The number of hydrogen-bond donors (Lipinski definition) is 2. The molecule has 0 fully saturated rings. The molecule has 0 bridgehead atoms. The molecule has 0 spiro atoms. The van der Waals surface area contributed by atoms with E-state index in [0.717, 1.165) is 12.0 Å². The predicted molar refractivity (Wildman–Crippen MR) is 111 cm³/mol. The minimum Gasteiger partial charge on any atom is -0.462 e. The number of aryl methyl sites for hydroxylation is 2. The van der Waals surface area contributed by atoms with E-state index in [-0.39, 0.29) is 11.9 Å². The van der Waals surface area contributed by atoms with Crippen LogP contribution in [0.5, 0.6) is 0 Å². The average molecular weight is 386 g/mol. The molecule has 1 aromatic carbocycles. The van der Waals surface area contributed by atoms with E-state index in [1.54, 1.807) is 20.8 Å². The van der Waals surface area contributed by atoms with Gasteiger partial charge in [-0.05, 0) is 58.0 Å². The fraction of sp³-hybridized carbons (Fsp3) is 0.455. The molecule has 1 amide bonds. The highest BCUT2D eigenvalue weighted by atomic mass is 16.5. The van der Waals surface area contributed by atoms with Crippen LogP contribution in [0.3, 0.4) is 0 Å². The Morgan fingerprint density at radius 2 is 1.79 bits per heavy atom. The van der Waals surface area contributed by atoms with Crippen LogP contribution in [0.2, 0.25) is 0 Å². The third-order valence-electron chi connectivity index (χ3n) is 5.00. The molecule has 152 valence electrons. The first-order valence-corrected chi connectivity index (χ1v) is 9.69. The minimum absolute atomic E-state index is 0.0516. The summed E-state index contributed by atoms with van der Waals surface area (Å²) in [5, 5.41) is 3.00. The van der Waals surface area contributed by atoms with Crippen LogP contribution >= 0.6 is 0 Å². The number of carbonyl (C=O) groups excluding carboxylic acids is 2. The second-order valence-electron chi connectivity index (χ2n) is 7.13. The monoisotopic (exact) mass is 385 g/mol. The van der Waals surface area contributed by atoms with Gasteiger partial charge in [0.05, 0.1) is 18.2 Å². The van der Waals surface area contributed by atoms with Gasteiger partial charge in [0.2, 0.25) is 0 Å². The Labute approximate surface area is 167 Å². The second-order valence-corrected chi connectivity index (χ2v) is 7.13. The van der Waals surface area contributed by atoms with E-state index in [9.17, 15) is 9.59 Å². The molecule has 0 saturated carbocycles. The highest BCUT2D eigenvalue weighted by molar-refractivity contribution is 6.00. The minimum atomic E-state index is -0.407. The Hall–Kier alpha value is -2.60. The van der Waals surface area contributed by atoms with E-state index in [1.807, 2.05) is 14.1 Å². The van der Waals surface area contributed by atoms with Gasteiger partial charge in [0, 0.05) is 12.2 Å². The van der Waals surface area contributed by atoms with E-state index < -0.39 is 5.97 Å². The number of ether oxygens (including phenoxy) is 1. The van der Waals surface area contributed by atoms with Crippen LogP contribution in [-0.4, -0.2) is 49.0 Å². The Kier molecular flexibility index (Phi) is 7.40. The summed E-state index contributed by atoms with van der Waals surface area (Å²) in [6.07, 6.45) is 0.998. The topological polar surface area (TPSA) is 74.4 Å². The molecule has 2 aromatic rings. The molecule has 0 aliphatic heterocycles. The fourth-order valence-electron chi connectivity index (χ4n) is 3.34. The van der Waals surface area contributed by atoms with Crippen molar-refractivity contribution in [3.8, 4) is 0 Å². The first-order valence-electron chi connectivity index (χ1n) is 9.69. The quantitative estimate of drug-likeness (QED) is 0.683. The van der Waals surface area contributed by atoms with Gasteiger partial charge in [-0.25, -0.2) is 4.79 Å². The van der Waals surface area contributed by atoms with Crippen molar-refractivity contribution in [3.05, 3.63) is 57.9 Å². The number of nitrogens with zero attached hydrogens (tertiary/aromatic N) is 1. The summed E-state index contributed by atoms with van der Waals surface area (Å²) in [5.41, 5.74) is 4.52. The molecule has 0 aliphatic rings. The van der Waals surface area contributed by atoms with Crippen LogP contribution in [0.4, 0.5) is 0 Å². The van der Waals surface area contributed by atoms with Gasteiger partial charge in [-0.1, -0.05) is 31.2 Å². The molecule has 0 aliphatic carbocycles. The largest absolute Gasteiger partial charge is 0.462 e. The normalized spacial score (nSPS) is 12.1. The highest BCUT2D eigenvalue weighted by Crippen LogP contribution is 2.21. The van der Waals surface area contributed by atoms with Gasteiger partial charge in [0.25, 0.3) is 5.91 Å². The van der Waals surface area contributed by atoms with Gasteiger partial charge in [-0.2, -0.15) is 0 Å². The van der Waals surface area contributed by atoms with Crippen LogP contribution < -0.4 is 5.32 Å². The summed E-state index contributed by atoms with van der Waals surface area (Å²) >= 11 is 0. The summed E-state index contributed by atoms with van der Waals surface area (Å²) in [6.45, 7) is 8.18. The molecular weight excluding hydrogens is 354 g/mol. The predicted octanol–water partition coefficient (Wildman–Crippen LogP) is 3.40. The molecular formula is C22H31N3O3. The van der Waals surface area contributed by atoms with Crippen molar-refractivity contribution in [2.45, 2.75) is 40.2 Å². The summed E-state index contributed by atoms with van der Waals surface area (Å²) < 4.78 is 5.09. The first kappa shape index (κ1) is 21.7. The van der Waals surface area contributed by atoms with Crippen molar-refractivity contribution in [3.63, 3.8) is 0 Å². The lowest BCUT2D eigenvalue weighted by molar-refractivity contribution is 0.0525. The standard InChI is InChI=1S/C22H31N3O3/c1-7-16-9-11-17(12-10-16)18(25(5)6)13-23-21(26)20-14(3)19(15(4)24-20)22(27)28-8-2/h9-12,18,24H,7-8,13H2,1-6H3,(H,23,26). The summed E-state index contributed by atoms with van der Waals surface area (Å²) in [5.74, 6) is -0.636. The fourth-order valence-corrected chi connectivity index (χ4v) is 3.34. The average Bonchev–Trinajstić information content (AvgIpc) is 2.96. The third-order valence-corrected chi connectivity index (χ3v) is 5.00. The maximum atomic E-state index is 12.8. The number of aromatic nitrogens is 1. The smallest absolute Gasteiger partial charge is 0.340 e.